The quantitative estimate of drug-likeness (QED) is 0.829. The van der Waals surface area contributed by atoms with E-state index in [1.165, 1.54) is 0 Å². The zero-order valence-corrected chi connectivity index (χ0v) is 14.4. The Balaban J connectivity index is 1.68. The number of aromatic nitrogens is 1. The molecular weight excluding hydrogens is 298 g/mol. The number of rotatable bonds is 7. The second-order valence-electron chi connectivity index (χ2n) is 5.87. The number of hydrogen-bond acceptors (Lipinski definition) is 5. The predicted octanol–water partition coefficient (Wildman–Crippen LogP) is 1.69. The molecule has 1 atom stereocenters. The molecule has 1 unspecified atom stereocenters. The number of amides is 1. The SMILES string of the molecule is CCC(CO)N1CCN(C(=O)CCCc2csc(C)n2)CC1. The van der Waals surface area contributed by atoms with Gasteiger partial charge in [0.2, 0.25) is 5.91 Å². The number of carbonyl (C=O) groups is 1. The lowest BCUT2D eigenvalue weighted by Crippen LogP contribution is -2.52. The monoisotopic (exact) mass is 325 g/mol. The molecule has 22 heavy (non-hydrogen) atoms. The first-order valence-electron chi connectivity index (χ1n) is 8.17. The predicted molar refractivity (Wildman–Crippen MR) is 89.1 cm³/mol. The Kier molecular flexibility index (Phi) is 6.79. The van der Waals surface area contributed by atoms with Gasteiger partial charge in [-0.05, 0) is 26.2 Å². The van der Waals surface area contributed by atoms with E-state index >= 15 is 0 Å². The molecule has 1 aromatic heterocycles. The molecule has 1 aliphatic heterocycles. The molecule has 0 saturated carbocycles. The molecule has 5 nitrogen and oxygen atoms in total. The van der Waals surface area contributed by atoms with Crippen LogP contribution in [0.5, 0.6) is 0 Å². The Morgan fingerprint density at radius 3 is 2.68 bits per heavy atom. The van der Waals surface area contributed by atoms with Gasteiger partial charge in [0.15, 0.2) is 0 Å². The number of nitrogens with zero attached hydrogens (tertiary/aromatic N) is 3. The zero-order valence-electron chi connectivity index (χ0n) is 13.6. The normalized spacial score (nSPS) is 17.7. The van der Waals surface area contributed by atoms with Gasteiger partial charge in [0.25, 0.3) is 0 Å². The van der Waals surface area contributed by atoms with E-state index in [0.29, 0.717) is 6.42 Å². The number of thiazole rings is 1. The van der Waals surface area contributed by atoms with Crippen LogP contribution in [0.2, 0.25) is 0 Å². The first-order chi connectivity index (χ1) is 10.6. The summed E-state index contributed by atoms with van der Waals surface area (Å²) in [6, 6.07) is 0.241. The van der Waals surface area contributed by atoms with Gasteiger partial charge >= 0.3 is 0 Å². The lowest BCUT2D eigenvalue weighted by atomic mass is 10.1. The topological polar surface area (TPSA) is 56.7 Å². The highest BCUT2D eigenvalue weighted by atomic mass is 32.1. The maximum absolute atomic E-state index is 12.2. The highest BCUT2D eigenvalue weighted by Crippen LogP contribution is 2.13. The van der Waals surface area contributed by atoms with Gasteiger partial charge in [-0.25, -0.2) is 4.98 Å². The van der Waals surface area contributed by atoms with Crippen molar-refractivity contribution in [2.45, 2.75) is 45.6 Å². The van der Waals surface area contributed by atoms with Crippen LogP contribution in [0.25, 0.3) is 0 Å². The molecule has 1 aliphatic rings. The summed E-state index contributed by atoms with van der Waals surface area (Å²) in [6.07, 6.45) is 3.32. The summed E-state index contributed by atoms with van der Waals surface area (Å²) >= 11 is 1.67. The molecule has 0 aromatic carbocycles. The largest absolute Gasteiger partial charge is 0.395 e. The highest BCUT2D eigenvalue weighted by molar-refractivity contribution is 7.09. The third-order valence-corrected chi connectivity index (χ3v) is 5.18. The summed E-state index contributed by atoms with van der Waals surface area (Å²) in [4.78, 5) is 20.9. The first kappa shape index (κ1) is 17.4. The minimum atomic E-state index is 0.206. The summed E-state index contributed by atoms with van der Waals surface area (Å²) in [7, 11) is 0. The molecule has 1 saturated heterocycles. The minimum absolute atomic E-state index is 0.206. The molecule has 2 heterocycles. The molecule has 1 amide bonds. The molecule has 124 valence electrons. The average molecular weight is 325 g/mol. The van der Waals surface area contributed by atoms with Crippen molar-refractivity contribution in [2.75, 3.05) is 32.8 Å². The molecule has 1 fully saturated rings. The number of carbonyl (C=O) groups excluding carboxylic acids is 1. The molecule has 1 aromatic rings. The second-order valence-corrected chi connectivity index (χ2v) is 6.94. The van der Waals surface area contributed by atoms with Crippen molar-refractivity contribution >= 4 is 17.2 Å². The van der Waals surface area contributed by atoms with Gasteiger partial charge in [-0.15, -0.1) is 11.3 Å². The van der Waals surface area contributed by atoms with Crippen molar-refractivity contribution in [1.29, 1.82) is 0 Å². The van der Waals surface area contributed by atoms with Gasteiger partial charge in [-0.3, -0.25) is 9.69 Å². The zero-order chi connectivity index (χ0) is 15.9. The first-order valence-corrected chi connectivity index (χ1v) is 9.05. The third kappa shape index (κ3) is 4.76. The van der Waals surface area contributed by atoms with E-state index in [1.807, 2.05) is 11.8 Å². The van der Waals surface area contributed by atoms with Crippen LogP contribution >= 0.6 is 11.3 Å². The van der Waals surface area contributed by atoms with Gasteiger partial charge in [-0.1, -0.05) is 6.92 Å². The van der Waals surface area contributed by atoms with E-state index < -0.39 is 0 Å². The van der Waals surface area contributed by atoms with E-state index in [-0.39, 0.29) is 18.6 Å². The smallest absolute Gasteiger partial charge is 0.222 e. The van der Waals surface area contributed by atoms with E-state index in [9.17, 15) is 9.90 Å². The van der Waals surface area contributed by atoms with Crippen LogP contribution < -0.4 is 0 Å². The molecule has 0 radical (unpaired) electrons. The van der Waals surface area contributed by atoms with Crippen molar-refractivity contribution in [1.82, 2.24) is 14.8 Å². The lowest BCUT2D eigenvalue weighted by molar-refractivity contribution is -0.133. The molecule has 0 bridgehead atoms. The van der Waals surface area contributed by atoms with Crippen LogP contribution in [-0.2, 0) is 11.2 Å². The van der Waals surface area contributed by atoms with Crippen LogP contribution in [0.1, 0.15) is 36.9 Å². The molecule has 0 spiro atoms. The highest BCUT2D eigenvalue weighted by Gasteiger charge is 2.24. The van der Waals surface area contributed by atoms with Crippen molar-refractivity contribution in [3.05, 3.63) is 16.1 Å². The fourth-order valence-electron chi connectivity index (χ4n) is 2.94. The Labute approximate surface area is 137 Å². The van der Waals surface area contributed by atoms with Gasteiger partial charge < -0.3 is 10.0 Å². The summed E-state index contributed by atoms with van der Waals surface area (Å²) in [6.45, 7) is 7.62. The summed E-state index contributed by atoms with van der Waals surface area (Å²) in [5.41, 5.74) is 1.11. The van der Waals surface area contributed by atoms with E-state index in [4.69, 9.17) is 0 Å². The summed E-state index contributed by atoms with van der Waals surface area (Å²) in [5, 5.41) is 12.5. The fraction of sp³-hybridized carbons (Fsp3) is 0.750. The molecule has 6 heteroatoms. The summed E-state index contributed by atoms with van der Waals surface area (Å²) < 4.78 is 0. The third-order valence-electron chi connectivity index (χ3n) is 4.36. The van der Waals surface area contributed by atoms with Crippen LogP contribution in [0.3, 0.4) is 0 Å². The van der Waals surface area contributed by atoms with E-state index in [0.717, 1.165) is 56.1 Å². The fourth-order valence-corrected chi connectivity index (χ4v) is 3.59. The number of aliphatic hydroxyl groups is 1. The number of piperazine rings is 1. The minimum Gasteiger partial charge on any atom is -0.395 e. The van der Waals surface area contributed by atoms with E-state index in [2.05, 4.69) is 22.2 Å². The second kappa shape index (κ2) is 8.60. The summed E-state index contributed by atoms with van der Waals surface area (Å²) in [5.74, 6) is 0.253. The Morgan fingerprint density at radius 1 is 1.41 bits per heavy atom. The van der Waals surface area contributed by atoms with Crippen molar-refractivity contribution < 1.29 is 9.90 Å². The van der Waals surface area contributed by atoms with Crippen LogP contribution in [0.4, 0.5) is 0 Å². The number of aryl methyl sites for hydroxylation is 2. The van der Waals surface area contributed by atoms with Crippen molar-refractivity contribution in [2.24, 2.45) is 0 Å². The van der Waals surface area contributed by atoms with Gasteiger partial charge in [-0.2, -0.15) is 0 Å². The molecule has 1 N–H and O–H groups in total. The molecular formula is C16H27N3O2S. The molecule has 0 aliphatic carbocycles. The Hall–Kier alpha value is -0.980. The Bertz CT molecular complexity index is 466. The maximum Gasteiger partial charge on any atom is 0.222 e. The standard InChI is InChI=1S/C16H27N3O2S/c1-3-15(11-20)18-7-9-19(10-8-18)16(21)6-4-5-14-12-22-13(2)17-14/h12,15,20H,3-11H2,1-2H3. The van der Waals surface area contributed by atoms with Gasteiger partial charge in [0.1, 0.15) is 0 Å². The van der Waals surface area contributed by atoms with E-state index in [1.54, 1.807) is 11.3 Å². The maximum atomic E-state index is 12.2. The van der Waals surface area contributed by atoms with Crippen LogP contribution in [0, 0.1) is 6.92 Å². The van der Waals surface area contributed by atoms with Crippen molar-refractivity contribution in [3.63, 3.8) is 0 Å². The van der Waals surface area contributed by atoms with Gasteiger partial charge in [0.05, 0.1) is 17.3 Å². The lowest BCUT2D eigenvalue weighted by Gasteiger charge is -2.38. The van der Waals surface area contributed by atoms with Crippen molar-refractivity contribution in [3.8, 4) is 0 Å². The number of hydrogen-bond donors (Lipinski definition) is 1. The average Bonchev–Trinajstić information content (AvgIpc) is 2.94. The number of aliphatic hydroxyl groups excluding tert-OH is 1. The Morgan fingerprint density at radius 2 is 2.14 bits per heavy atom. The van der Waals surface area contributed by atoms with Crippen LogP contribution in [-0.4, -0.2) is 64.6 Å². The van der Waals surface area contributed by atoms with Crippen LogP contribution in [0.15, 0.2) is 5.38 Å². The van der Waals surface area contributed by atoms with Gasteiger partial charge in [0, 0.05) is 44.0 Å². The molecule has 2 rings (SSSR count).